The molecule has 2 unspecified atom stereocenters. The molecular formula is C27H23NO2. The Hall–Kier alpha value is -3.20. The lowest BCUT2D eigenvalue weighted by Crippen LogP contribution is -2.10. The van der Waals surface area contributed by atoms with Crippen molar-refractivity contribution in [3.05, 3.63) is 77.0 Å². The van der Waals surface area contributed by atoms with Crippen molar-refractivity contribution in [3.8, 4) is 11.1 Å². The number of carbonyl (C=O) groups excluding carboxylic acids is 1. The summed E-state index contributed by atoms with van der Waals surface area (Å²) in [5.41, 5.74) is 8.36. The number of carbonyl (C=O) groups is 1. The fraction of sp³-hybridized carbons (Fsp3) is 0.259. The van der Waals surface area contributed by atoms with Crippen LogP contribution in [0.1, 0.15) is 47.4 Å². The number of aryl methyl sites for hydroxylation is 1. The van der Waals surface area contributed by atoms with E-state index in [9.17, 15) is 4.79 Å². The van der Waals surface area contributed by atoms with Crippen LogP contribution in [0.4, 0.5) is 0 Å². The van der Waals surface area contributed by atoms with Gasteiger partial charge in [-0.1, -0.05) is 42.5 Å². The van der Waals surface area contributed by atoms with E-state index >= 15 is 0 Å². The summed E-state index contributed by atoms with van der Waals surface area (Å²) in [5, 5.41) is 3.68. The molecule has 0 N–H and O–H groups in total. The van der Waals surface area contributed by atoms with Crippen molar-refractivity contribution in [2.45, 2.75) is 38.5 Å². The zero-order valence-corrected chi connectivity index (χ0v) is 17.2. The van der Waals surface area contributed by atoms with Crippen LogP contribution in [-0.4, -0.2) is 17.6 Å². The van der Waals surface area contributed by atoms with Gasteiger partial charge in [0.05, 0.1) is 18.5 Å². The molecule has 2 aliphatic rings. The SMILES string of the molecule is CCOC(=O)Cc1c(C)cc2ccccc2c1-c1ccc2c3c(ccnc13)C1CC21. The molecule has 30 heavy (non-hydrogen) atoms. The first-order chi connectivity index (χ1) is 14.7. The van der Waals surface area contributed by atoms with Crippen molar-refractivity contribution >= 4 is 27.6 Å². The molecular weight excluding hydrogens is 370 g/mol. The summed E-state index contributed by atoms with van der Waals surface area (Å²) in [4.78, 5) is 17.3. The lowest BCUT2D eigenvalue weighted by atomic mass is 9.86. The van der Waals surface area contributed by atoms with Gasteiger partial charge in [0.25, 0.3) is 0 Å². The van der Waals surface area contributed by atoms with E-state index in [0.29, 0.717) is 18.4 Å². The first-order valence-corrected chi connectivity index (χ1v) is 10.8. The summed E-state index contributed by atoms with van der Waals surface area (Å²) in [5.74, 6) is 1.17. The second kappa shape index (κ2) is 6.40. The highest BCUT2D eigenvalue weighted by Crippen LogP contribution is 2.63. The molecule has 3 heteroatoms. The third-order valence-electron chi connectivity index (χ3n) is 6.82. The van der Waals surface area contributed by atoms with E-state index in [1.807, 2.05) is 13.1 Å². The van der Waals surface area contributed by atoms with Gasteiger partial charge >= 0.3 is 5.97 Å². The fourth-order valence-electron chi connectivity index (χ4n) is 5.44. The lowest BCUT2D eigenvalue weighted by molar-refractivity contribution is -0.142. The molecule has 2 atom stereocenters. The maximum absolute atomic E-state index is 12.5. The molecule has 1 saturated carbocycles. The van der Waals surface area contributed by atoms with Crippen molar-refractivity contribution in [2.75, 3.05) is 6.61 Å². The number of benzene rings is 3. The molecule has 1 aromatic heterocycles. The Balaban J connectivity index is 1.67. The van der Waals surface area contributed by atoms with E-state index in [0.717, 1.165) is 33.2 Å². The van der Waals surface area contributed by atoms with Gasteiger partial charge in [0.1, 0.15) is 0 Å². The van der Waals surface area contributed by atoms with Gasteiger partial charge < -0.3 is 4.74 Å². The third-order valence-corrected chi connectivity index (χ3v) is 6.82. The van der Waals surface area contributed by atoms with E-state index in [1.54, 1.807) is 0 Å². The van der Waals surface area contributed by atoms with Gasteiger partial charge in [0.15, 0.2) is 0 Å². The van der Waals surface area contributed by atoms with Gasteiger partial charge in [-0.05, 0) is 76.8 Å². The molecule has 0 spiro atoms. The van der Waals surface area contributed by atoms with Crippen LogP contribution in [0.2, 0.25) is 0 Å². The summed E-state index contributed by atoms with van der Waals surface area (Å²) in [6.07, 6.45) is 3.50. The average Bonchev–Trinajstić information content (AvgIpc) is 3.48. The van der Waals surface area contributed by atoms with Gasteiger partial charge in [-0.3, -0.25) is 9.78 Å². The number of fused-ring (bicyclic) bond motifs is 4. The van der Waals surface area contributed by atoms with Gasteiger partial charge in [-0.15, -0.1) is 0 Å². The second-order valence-corrected chi connectivity index (χ2v) is 8.52. The summed E-state index contributed by atoms with van der Waals surface area (Å²) in [6, 6.07) is 17.3. The maximum atomic E-state index is 12.5. The highest BCUT2D eigenvalue weighted by atomic mass is 16.5. The van der Waals surface area contributed by atoms with E-state index in [4.69, 9.17) is 9.72 Å². The number of rotatable bonds is 4. The average molecular weight is 393 g/mol. The first-order valence-electron chi connectivity index (χ1n) is 10.8. The van der Waals surface area contributed by atoms with Crippen LogP contribution in [0.15, 0.2) is 54.7 Å². The highest BCUT2D eigenvalue weighted by molar-refractivity contribution is 6.08. The topological polar surface area (TPSA) is 39.2 Å². The number of hydrogen-bond donors (Lipinski definition) is 0. The van der Waals surface area contributed by atoms with Crippen molar-refractivity contribution in [2.24, 2.45) is 0 Å². The summed E-state index contributed by atoms with van der Waals surface area (Å²) >= 11 is 0. The Morgan fingerprint density at radius 2 is 1.90 bits per heavy atom. The zero-order chi connectivity index (χ0) is 20.4. The van der Waals surface area contributed by atoms with Crippen LogP contribution < -0.4 is 0 Å². The smallest absolute Gasteiger partial charge is 0.310 e. The molecule has 0 radical (unpaired) electrons. The van der Waals surface area contributed by atoms with Gasteiger partial charge in [-0.25, -0.2) is 0 Å². The number of hydrogen-bond acceptors (Lipinski definition) is 3. The molecule has 0 bridgehead atoms. The van der Waals surface area contributed by atoms with Crippen molar-refractivity contribution in [1.29, 1.82) is 0 Å². The van der Waals surface area contributed by atoms with Crippen LogP contribution in [0, 0.1) is 6.92 Å². The van der Waals surface area contributed by atoms with Gasteiger partial charge in [0.2, 0.25) is 0 Å². The lowest BCUT2D eigenvalue weighted by Gasteiger charge is -2.18. The minimum atomic E-state index is -0.183. The summed E-state index contributed by atoms with van der Waals surface area (Å²) < 4.78 is 5.30. The highest BCUT2D eigenvalue weighted by Gasteiger charge is 2.47. The van der Waals surface area contributed by atoms with Crippen LogP contribution in [-0.2, 0) is 16.0 Å². The van der Waals surface area contributed by atoms with Crippen molar-refractivity contribution in [1.82, 2.24) is 4.98 Å². The largest absolute Gasteiger partial charge is 0.466 e. The first kappa shape index (κ1) is 17.6. The monoisotopic (exact) mass is 393 g/mol. The van der Waals surface area contributed by atoms with Gasteiger partial charge in [-0.2, -0.15) is 0 Å². The van der Waals surface area contributed by atoms with Crippen LogP contribution in [0.3, 0.4) is 0 Å². The molecule has 6 rings (SSSR count). The molecule has 1 heterocycles. The number of aromatic nitrogens is 1. The molecule has 3 aromatic carbocycles. The van der Waals surface area contributed by atoms with E-state index in [-0.39, 0.29) is 12.4 Å². The van der Waals surface area contributed by atoms with Crippen molar-refractivity contribution in [3.63, 3.8) is 0 Å². The number of pyridine rings is 1. The van der Waals surface area contributed by atoms with Crippen LogP contribution in [0.5, 0.6) is 0 Å². The molecule has 4 aromatic rings. The predicted octanol–water partition coefficient (Wildman–Crippen LogP) is 6.05. The fourth-order valence-corrected chi connectivity index (χ4v) is 5.44. The molecule has 0 saturated heterocycles. The summed E-state index contributed by atoms with van der Waals surface area (Å²) in [7, 11) is 0. The van der Waals surface area contributed by atoms with E-state index < -0.39 is 0 Å². The van der Waals surface area contributed by atoms with Crippen LogP contribution >= 0.6 is 0 Å². The Bertz CT molecular complexity index is 1340. The predicted molar refractivity (Wildman–Crippen MR) is 120 cm³/mol. The third kappa shape index (κ3) is 2.44. The quantitative estimate of drug-likeness (QED) is 0.396. The minimum Gasteiger partial charge on any atom is -0.466 e. The maximum Gasteiger partial charge on any atom is 0.310 e. The number of ether oxygens (including phenoxy) is 1. The Morgan fingerprint density at radius 3 is 2.73 bits per heavy atom. The molecule has 3 nitrogen and oxygen atoms in total. The second-order valence-electron chi connectivity index (χ2n) is 8.52. The Kier molecular flexibility index (Phi) is 3.76. The Morgan fingerprint density at radius 1 is 1.10 bits per heavy atom. The molecule has 0 aliphatic heterocycles. The number of nitrogens with zero attached hydrogens (tertiary/aromatic N) is 1. The van der Waals surface area contributed by atoms with E-state index in [1.165, 1.54) is 28.3 Å². The Labute approximate surface area is 175 Å². The van der Waals surface area contributed by atoms with E-state index in [2.05, 4.69) is 55.5 Å². The zero-order valence-electron chi connectivity index (χ0n) is 17.2. The standard InChI is InChI=1S/C27H23NO2/c1-3-30-24(29)14-21-15(2)12-16-6-4-5-7-17(16)25(21)20-9-8-18-22-13-23(22)19-10-11-28-27(20)26(18)19/h4-12,22-23H,3,13-14H2,1-2H3. The minimum absolute atomic E-state index is 0.183. The van der Waals surface area contributed by atoms with Crippen molar-refractivity contribution < 1.29 is 9.53 Å². The molecule has 2 aliphatic carbocycles. The molecule has 148 valence electrons. The van der Waals surface area contributed by atoms with Crippen LogP contribution in [0.25, 0.3) is 32.8 Å². The number of esters is 1. The molecule has 0 amide bonds. The summed E-state index contributed by atoms with van der Waals surface area (Å²) in [6.45, 7) is 4.34. The molecule has 1 fully saturated rings. The van der Waals surface area contributed by atoms with Gasteiger partial charge in [0, 0.05) is 17.1 Å². The normalized spacial score (nSPS) is 18.6.